The molecule has 0 bridgehead atoms. The second-order valence-corrected chi connectivity index (χ2v) is 5.68. The van der Waals surface area contributed by atoms with Crippen molar-refractivity contribution >= 4 is 17.6 Å². The minimum absolute atomic E-state index is 0.188. The van der Waals surface area contributed by atoms with Crippen LogP contribution in [-0.2, 0) is 9.59 Å². The van der Waals surface area contributed by atoms with Crippen molar-refractivity contribution in [3.63, 3.8) is 0 Å². The first-order valence-electron chi connectivity index (χ1n) is 6.45. The number of anilines is 1. The zero-order valence-electron chi connectivity index (χ0n) is 12.1. The van der Waals surface area contributed by atoms with Crippen LogP contribution < -0.4 is 9.64 Å². The SMILES string of the molecule is COc1ccccc1N(C)C(=O)C1C(C(=O)O)C1(C)C. The van der Waals surface area contributed by atoms with Crippen molar-refractivity contribution in [1.29, 1.82) is 0 Å². The maximum atomic E-state index is 12.5. The molecular weight excluding hydrogens is 258 g/mol. The number of methoxy groups -OCH3 is 1. The monoisotopic (exact) mass is 277 g/mol. The van der Waals surface area contributed by atoms with Gasteiger partial charge in [0, 0.05) is 7.05 Å². The first-order chi connectivity index (χ1) is 9.32. The van der Waals surface area contributed by atoms with Gasteiger partial charge < -0.3 is 14.7 Å². The van der Waals surface area contributed by atoms with Gasteiger partial charge in [0.15, 0.2) is 0 Å². The lowest BCUT2D eigenvalue weighted by atomic mass is 10.1. The first-order valence-corrected chi connectivity index (χ1v) is 6.45. The Morgan fingerprint density at radius 3 is 2.35 bits per heavy atom. The van der Waals surface area contributed by atoms with Gasteiger partial charge >= 0.3 is 5.97 Å². The third-order valence-corrected chi connectivity index (χ3v) is 4.14. The summed E-state index contributed by atoms with van der Waals surface area (Å²) >= 11 is 0. The highest BCUT2D eigenvalue weighted by Crippen LogP contribution is 2.59. The highest BCUT2D eigenvalue weighted by atomic mass is 16.5. The Morgan fingerprint density at radius 1 is 1.25 bits per heavy atom. The van der Waals surface area contributed by atoms with E-state index in [1.165, 1.54) is 12.0 Å². The highest BCUT2D eigenvalue weighted by molar-refractivity contribution is 6.01. The number of hydrogen-bond donors (Lipinski definition) is 1. The molecule has 1 amide bonds. The molecule has 1 aliphatic carbocycles. The average Bonchev–Trinajstić information content (AvgIpc) is 3.00. The number of carboxylic acid groups (broad SMARTS) is 1. The Bertz CT molecular complexity index is 553. The van der Waals surface area contributed by atoms with Crippen LogP contribution in [-0.4, -0.2) is 31.1 Å². The summed E-state index contributed by atoms with van der Waals surface area (Å²) < 4.78 is 5.23. The van der Waals surface area contributed by atoms with Gasteiger partial charge in [-0.15, -0.1) is 0 Å². The van der Waals surface area contributed by atoms with Crippen LogP contribution in [0, 0.1) is 17.3 Å². The molecule has 108 valence electrons. The third-order valence-electron chi connectivity index (χ3n) is 4.14. The summed E-state index contributed by atoms with van der Waals surface area (Å²) in [5.74, 6) is -1.62. The minimum Gasteiger partial charge on any atom is -0.495 e. The molecule has 20 heavy (non-hydrogen) atoms. The fraction of sp³-hybridized carbons (Fsp3) is 0.467. The molecule has 1 aliphatic rings. The molecule has 0 saturated heterocycles. The van der Waals surface area contributed by atoms with Gasteiger partial charge in [-0.2, -0.15) is 0 Å². The van der Waals surface area contributed by atoms with E-state index in [1.807, 2.05) is 26.0 Å². The van der Waals surface area contributed by atoms with Crippen molar-refractivity contribution < 1.29 is 19.4 Å². The molecule has 5 nitrogen and oxygen atoms in total. The quantitative estimate of drug-likeness (QED) is 0.914. The van der Waals surface area contributed by atoms with Crippen LogP contribution in [0.1, 0.15) is 13.8 Å². The molecule has 1 N–H and O–H groups in total. The Morgan fingerprint density at radius 2 is 1.85 bits per heavy atom. The number of benzene rings is 1. The summed E-state index contributed by atoms with van der Waals surface area (Å²) in [4.78, 5) is 25.2. The Balaban J connectivity index is 2.24. The highest BCUT2D eigenvalue weighted by Gasteiger charge is 2.66. The van der Waals surface area contributed by atoms with Crippen molar-refractivity contribution in [3.05, 3.63) is 24.3 Å². The molecule has 0 aromatic heterocycles. The number of aliphatic carboxylic acids is 1. The number of rotatable bonds is 4. The molecule has 0 heterocycles. The fourth-order valence-corrected chi connectivity index (χ4v) is 2.79. The van der Waals surface area contributed by atoms with Crippen molar-refractivity contribution in [1.82, 2.24) is 0 Å². The molecule has 1 saturated carbocycles. The van der Waals surface area contributed by atoms with Gasteiger partial charge in [0.1, 0.15) is 5.75 Å². The smallest absolute Gasteiger partial charge is 0.307 e. The van der Waals surface area contributed by atoms with Crippen LogP contribution in [0.2, 0.25) is 0 Å². The molecule has 1 aromatic carbocycles. The van der Waals surface area contributed by atoms with Crippen LogP contribution in [0.4, 0.5) is 5.69 Å². The topological polar surface area (TPSA) is 66.8 Å². The summed E-state index contributed by atoms with van der Waals surface area (Å²) in [5, 5.41) is 9.17. The van der Waals surface area contributed by atoms with E-state index in [0.717, 1.165) is 0 Å². The van der Waals surface area contributed by atoms with Crippen LogP contribution >= 0.6 is 0 Å². The fourth-order valence-electron chi connectivity index (χ4n) is 2.79. The van der Waals surface area contributed by atoms with Crippen molar-refractivity contribution in [2.75, 3.05) is 19.1 Å². The molecule has 0 spiro atoms. The number of carboxylic acids is 1. The molecule has 2 atom stereocenters. The van der Waals surface area contributed by atoms with E-state index in [0.29, 0.717) is 11.4 Å². The van der Waals surface area contributed by atoms with E-state index in [2.05, 4.69) is 0 Å². The standard InChI is InChI=1S/C15H19NO4/c1-15(2)11(12(15)14(18)19)13(17)16(3)9-7-5-6-8-10(9)20-4/h5-8,11-12H,1-4H3,(H,18,19). The van der Waals surface area contributed by atoms with Gasteiger partial charge in [0.05, 0.1) is 24.6 Å². The predicted octanol–water partition coefficient (Wildman–Crippen LogP) is 2.01. The van der Waals surface area contributed by atoms with Crippen LogP contribution in [0.3, 0.4) is 0 Å². The number of amides is 1. The Hall–Kier alpha value is -2.04. The molecule has 0 aliphatic heterocycles. The molecule has 0 radical (unpaired) electrons. The van der Waals surface area contributed by atoms with E-state index >= 15 is 0 Å². The number of ether oxygens (including phenoxy) is 1. The van der Waals surface area contributed by atoms with E-state index in [1.54, 1.807) is 19.2 Å². The van der Waals surface area contributed by atoms with Crippen molar-refractivity contribution in [3.8, 4) is 5.75 Å². The number of para-hydroxylation sites is 2. The van der Waals surface area contributed by atoms with Gasteiger partial charge in [-0.05, 0) is 17.5 Å². The maximum absolute atomic E-state index is 12.5. The van der Waals surface area contributed by atoms with E-state index in [4.69, 9.17) is 9.84 Å². The lowest BCUT2D eigenvalue weighted by molar-refractivity contribution is -0.140. The zero-order chi connectivity index (χ0) is 15.1. The molecule has 5 heteroatoms. The summed E-state index contributed by atoms with van der Waals surface area (Å²) in [6.45, 7) is 3.62. The van der Waals surface area contributed by atoms with Crippen molar-refractivity contribution in [2.45, 2.75) is 13.8 Å². The lowest BCUT2D eigenvalue weighted by Crippen LogP contribution is -2.30. The summed E-state index contributed by atoms with van der Waals surface area (Å²) in [6.07, 6.45) is 0. The molecule has 1 aromatic rings. The minimum atomic E-state index is -0.915. The van der Waals surface area contributed by atoms with Gasteiger partial charge in [-0.3, -0.25) is 9.59 Å². The van der Waals surface area contributed by atoms with Crippen molar-refractivity contribution in [2.24, 2.45) is 17.3 Å². The number of carbonyl (C=O) groups excluding carboxylic acids is 1. The largest absolute Gasteiger partial charge is 0.495 e. The number of hydrogen-bond acceptors (Lipinski definition) is 3. The molecule has 2 unspecified atom stereocenters. The second kappa shape index (κ2) is 4.81. The number of nitrogens with zero attached hydrogens (tertiary/aromatic N) is 1. The van der Waals surface area contributed by atoms with E-state index in [9.17, 15) is 9.59 Å². The third kappa shape index (κ3) is 2.13. The van der Waals surface area contributed by atoms with E-state index < -0.39 is 23.2 Å². The normalized spacial score (nSPS) is 23.0. The molecule has 1 fully saturated rings. The van der Waals surface area contributed by atoms with Gasteiger partial charge in [-0.1, -0.05) is 26.0 Å². The first kappa shape index (κ1) is 14.4. The predicted molar refractivity (Wildman–Crippen MR) is 74.8 cm³/mol. The van der Waals surface area contributed by atoms with Crippen LogP contribution in [0.15, 0.2) is 24.3 Å². The summed E-state index contributed by atoms with van der Waals surface area (Å²) in [6, 6.07) is 7.18. The van der Waals surface area contributed by atoms with Gasteiger partial charge in [0.2, 0.25) is 5.91 Å². The Kier molecular flexibility index (Phi) is 3.46. The van der Waals surface area contributed by atoms with Gasteiger partial charge in [-0.25, -0.2) is 0 Å². The van der Waals surface area contributed by atoms with Gasteiger partial charge in [0.25, 0.3) is 0 Å². The molecular formula is C15H19NO4. The van der Waals surface area contributed by atoms with E-state index in [-0.39, 0.29) is 5.91 Å². The maximum Gasteiger partial charge on any atom is 0.307 e. The summed E-state index contributed by atoms with van der Waals surface area (Å²) in [5.41, 5.74) is 0.144. The number of carbonyl (C=O) groups is 2. The average molecular weight is 277 g/mol. The molecule has 2 rings (SSSR count). The van der Waals surface area contributed by atoms with Crippen LogP contribution in [0.25, 0.3) is 0 Å². The van der Waals surface area contributed by atoms with Crippen LogP contribution in [0.5, 0.6) is 5.75 Å². The summed E-state index contributed by atoms with van der Waals surface area (Å²) in [7, 11) is 3.19. The Labute approximate surface area is 118 Å². The zero-order valence-corrected chi connectivity index (χ0v) is 12.1. The lowest BCUT2D eigenvalue weighted by Gasteiger charge is -2.20. The second-order valence-electron chi connectivity index (χ2n) is 5.68.